The van der Waals surface area contributed by atoms with Crippen LogP contribution >= 0.6 is 0 Å². The van der Waals surface area contributed by atoms with Crippen molar-refractivity contribution < 1.29 is 46.1 Å². The number of alkyl halides is 3. The third-order valence-corrected chi connectivity index (χ3v) is 6.08. The molecule has 1 fully saturated rings. The lowest BCUT2D eigenvalue weighted by molar-refractivity contribution is -0.266. The van der Waals surface area contributed by atoms with Crippen molar-refractivity contribution in [3.05, 3.63) is 53.4 Å². The van der Waals surface area contributed by atoms with Gasteiger partial charge in [-0.3, -0.25) is 14.6 Å². The number of nitrogens with two attached hydrogens (primary N) is 1. The highest BCUT2D eigenvalue weighted by atomic mass is 19.4. The molecule has 2 unspecified atom stereocenters. The van der Waals surface area contributed by atoms with Gasteiger partial charge in [0.25, 0.3) is 5.91 Å². The number of rotatable bonds is 7. The van der Waals surface area contributed by atoms with Crippen LogP contribution in [0.3, 0.4) is 0 Å². The van der Waals surface area contributed by atoms with Gasteiger partial charge in [0, 0.05) is 35.8 Å². The van der Waals surface area contributed by atoms with Gasteiger partial charge in [-0.25, -0.2) is 4.39 Å². The number of carbonyl (C=O) groups excluding carboxylic acids is 2. The standard InChI is InChI=1S/C14H15F5O2.C9H11N3O3/c1-7-9(6-21-13(7,2)14(17,18)19)8-4-5-10(15)11(16)12(8)20-3;10-9(15)8-5-7(1-2-11-8)12(6-14)3-4-13/h4-5,7,9H,6H2,1-3H3;1-2,5-6,13H,3-4H2,(H2,10,15)/t7?,9?,13-;/m1./s1. The number of anilines is 1. The minimum atomic E-state index is -4.55. The van der Waals surface area contributed by atoms with Crippen molar-refractivity contribution in [1.29, 1.82) is 0 Å². The smallest absolute Gasteiger partial charge is 0.417 e. The van der Waals surface area contributed by atoms with Crippen LogP contribution in [0.1, 0.15) is 35.8 Å². The Balaban J connectivity index is 0.000000269. The minimum Gasteiger partial charge on any atom is -0.493 e. The van der Waals surface area contributed by atoms with Crippen LogP contribution < -0.4 is 15.4 Å². The van der Waals surface area contributed by atoms with Crippen molar-refractivity contribution in [3.8, 4) is 5.75 Å². The largest absolute Gasteiger partial charge is 0.493 e. The Kier molecular flexibility index (Phi) is 9.32. The molecule has 2 amide bonds. The molecule has 0 saturated carbocycles. The number of hydrogen-bond donors (Lipinski definition) is 2. The minimum absolute atomic E-state index is 0.0808. The molecular formula is C23H26F5N3O5. The Labute approximate surface area is 203 Å². The maximum Gasteiger partial charge on any atom is 0.417 e. The Morgan fingerprint density at radius 3 is 2.53 bits per heavy atom. The van der Waals surface area contributed by atoms with E-state index in [1.165, 1.54) is 30.2 Å². The van der Waals surface area contributed by atoms with E-state index >= 15 is 0 Å². The van der Waals surface area contributed by atoms with Crippen molar-refractivity contribution in [2.45, 2.75) is 31.5 Å². The molecule has 1 aliphatic rings. The highest BCUT2D eigenvalue weighted by Crippen LogP contribution is 2.51. The summed E-state index contributed by atoms with van der Waals surface area (Å²) in [4.78, 5) is 26.5. The van der Waals surface area contributed by atoms with Crippen LogP contribution in [0, 0.1) is 17.6 Å². The zero-order valence-electron chi connectivity index (χ0n) is 19.7. The van der Waals surface area contributed by atoms with E-state index in [2.05, 4.69) is 4.98 Å². The van der Waals surface area contributed by atoms with Crippen molar-refractivity contribution in [2.75, 3.05) is 31.8 Å². The van der Waals surface area contributed by atoms with Crippen LogP contribution in [-0.2, 0) is 9.53 Å². The lowest BCUT2D eigenvalue weighted by Gasteiger charge is -2.32. The van der Waals surface area contributed by atoms with Gasteiger partial charge in [0.15, 0.2) is 17.2 Å². The number of halogens is 5. The number of benzene rings is 1. The second-order valence-corrected chi connectivity index (χ2v) is 8.08. The van der Waals surface area contributed by atoms with Crippen LogP contribution in [0.2, 0.25) is 0 Å². The number of aliphatic hydroxyl groups excluding tert-OH is 1. The topological polar surface area (TPSA) is 115 Å². The second-order valence-electron chi connectivity index (χ2n) is 8.08. The fourth-order valence-electron chi connectivity index (χ4n) is 3.75. The number of methoxy groups -OCH3 is 1. The number of nitrogens with zero attached hydrogens (tertiary/aromatic N) is 2. The Morgan fingerprint density at radius 1 is 1.36 bits per heavy atom. The van der Waals surface area contributed by atoms with E-state index in [0.29, 0.717) is 12.1 Å². The number of ether oxygens (including phenoxy) is 2. The predicted molar refractivity (Wildman–Crippen MR) is 118 cm³/mol. The average Bonchev–Trinajstić information content (AvgIpc) is 3.15. The van der Waals surface area contributed by atoms with E-state index in [9.17, 15) is 31.5 Å². The fourth-order valence-corrected chi connectivity index (χ4v) is 3.75. The molecule has 0 spiro atoms. The molecule has 0 bridgehead atoms. The van der Waals surface area contributed by atoms with Gasteiger partial charge in [0.2, 0.25) is 12.2 Å². The van der Waals surface area contributed by atoms with E-state index in [1.807, 2.05) is 0 Å². The van der Waals surface area contributed by atoms with Crippen LogP contribution in [0.5, 0.6) is 5.75 Å². The molecule has 0 radical (unpaired) electrons. The van der Waals surface area contributed by atoms with Gasteiger partial charge in [0.1, 0.15) is 5.69 Å². The molecule has 1 aromatic carbocycles. The third-order valence-electron chi connectivity index (χ3n) is 6.08. The van der Waals surface area contributed by atoms with E-state index in [0.717, 1.165) is 20.1 Å². The molecule has 1 aromatic heterocycles. The van der Waals surface area contributed by atoms with Gasteiger partial charge >= 0.3 is 6.18 Å². The molecule has 1 saturated heterocycles. The highest BCUT2D eigenvalue weighted by molar-refractivity contribution is 5.92. The Hall–Kier alpha value is -3.32. The van der Waals surface area contributed by atoms with Crippen molar-refractivity contribution >= 4 is 18.0 Å². The first kappa shape index (κ1) is 28.9. The molecule has 8 nitrogen and oxygen atoms in total. The van der Waals surface area contributed by atoms with Gasteiger partial charge in [-0.15, -0.1) is 0 Å². The molecule has 3 atom stereocenters. The second kappa shape index (κ2) is 11.6. The van der Waals surface area contributed by atoms with Crippen molar-refractivity contribution in [3.63, 3.8) is 0 Å². The lowest BCUT2D eigenvalue weighted by atomic mass is 9.79. The zero-order valence-corrected chi connectivity index (χ0v) is 19.7. The Morgan fingerprint density at radius 2 is 2.03 bits per heavy atom. The molecular weight excluding hydrogens is 493 g/mol. The first-order chi connectivity index (χ1) is 16.8. The molecule has 1 aliphatic heterocycles. The van der Waals surface area contributed by atoms with E-state index in [4.69, 9.17) is 20.3 Å². The molecule has 0 aliphatic carbocycles. The predicted octanol–water partition coefficient (Wildman–Crippen LogP) is 3.18. The number of aliphatic hydroxyl groups is 1. The van der Waals surface area contributed by atoms with Gasteiger partial charge < -0.3 is 25.2 Å². The molecule has 2 aromatic rings. The van der Waals surface area contributed by atoms with Gasteiger partial charge in [-0.05, 0) is 25.1 Å². The summed E-state index contributed by atoms with van der Waals surface area (Å²) in [5, 5.41) is 8.70. The Bertz CT molecular complexity index is 1080. The van der Waals surface area contributed by atoms with E-state index < -0.39 is 41.2 Å². The van der Waals surface area contributed by atoms with E-state index in [-0.39, 0.29) is 36.8 Å². The fraction of sp³-hybridized carbons (Fsp3) is 0.435. The number of aromatic nitrogens is 1. The summed E-state index contributed by atoms with van der Waals surface area (Å²) < 4.78 is 76.0. The SMILES string of the molecule is COc1c(C2CO[C@@](C)(C(F)(F)F)C2C)ccc(F)c1F.NC(=O)c1cc(N(C=O)CCO)ccn1. The maximum atomic E-state index is 13.7. The number of pyridine rings is 1. The normalized spacial score (nSPS) is 21.4. The van der Waals surface area contributed by atoms with Crippen LogP contribution in [0.25, 0.3) is 0 Å². The maximum absolute atomic E-state index is 13.7. The number of primary amides is 1. The zero-order chi connectivity index (χ0) is 27.3. The monoisotopic (exact) mass is 519 g/mol. The molecule has 3 N–H and O–H groups in total. The van der Waals surface area contributed by atoms with E-state index in [1.54, 1.807) is 6.07 Å². The first-order valence-electron chi connectivity index (χ1n) is 10.6. The number of carbonyl (C=O) groups is 2. The number of amides is 2. The van der Waals surface area contributed by atoms with Crippen LogP contribution in [0.4, 0.5) is 27.6 Å². The number of hydrogen-bond acceptors (Lipinski definition) is 6. The first-order valence-corrected chi connectivity index (χ1v) is 10.6. The van der Waals surface area contributed by atoms with Gasteiger partial charge in [-0.2, -0.15) is 17.6 Å². The summed E-state index contributed by atoms with van der Waals surface area (Å²) in [5.74, 6) is -5.05. The molecule has 2 heterocycles. The summed E-state index contributed by atoms with van der Waals surface area (Å²) in [6.45, 7) is 2.10. The molecule has 13 heteroatoms. The molecule has 36 heavy (non-hydrogen) atoms. The summed E-state index contributed by atoms with van der Waals surface area (Å²) in [6.07, 6.45) is -2.60. The van der Waals surface area contributed by atoms with Crippen LogP contribution in [-0.4, -0.2) is 61.1 Å². The molecule has 3 rings (SSSR count). The third kappa shape index (κ3) is 5.90. The summed E-state index contributed by atoms with van der Waals surface area (Å²) >= 11 is 0. The van der Waals surface area contributed by atoms with Crippen molar-refractivity contribution in [2.24, 2.45) is 11.7 Å². The van der Waals surface area contributed by atoms with Gasteiger partial charge in [-0.1, -0.05) is 13.0 Å². The average molecular weight is 519 g/mol. The quantitative estimate of drug-likeness (QED) is 0.429. The van der Waals surface area contributed by atoms with Crippen molar-refractivity contribution in [1.82, 2.24) is 4.98 Å². The summed E-state index contributed by atoms with van der Waals surface area (Å²) in [7, 11) is 1.14. The summed E-state index contributed by atoms with van der Waals surface area (Å²) in [6, 6.07) is 5.07. The summed E-state index contributed by atoms with van der Waals surface area (Å²) in [5.41, 5.74) is 3.45. The molecule has 198 valence electrons. The van der Waals surface area contributed by atoms with Crippen LogP contribution in [0.15, 0.2) is 30.5 Å². The van der Waals surface area contributed by atoms with Gasteiger partial charge in [0.05, 0.1) is 20.3 Å². The highest BCUT2D eigenvalue weighted by Gasteiger charge is 2.61. The lowest BCUT2D eigenvalue weighted by Crippen LogP contribution is -2.46.